The molecule has 2 aromatic rings. The topological polar surface area (TPSA) is 48.3 Å². The van der Waals surface area contributed by atoms with Crippen molar-refractivity contribution in [3.8, 4) is 0 Å². The first-order chi connectivity index (χ1) is 11.6. The van der Waals surface area contributed by atoms with Crippen LogP contribution in [0.5, 0.6) is 0 Å². The maximum Gasteiger partial charge on any atom is 0.309 e. The van der Waals surface area contributed by atoms with E-state index in [1.165, 1.54) is 10.6 Å². The van der Waals surface area contributed by atoms with Crippen LogP contribution in [0.1, 0.15) is 24.3 Å². The van der Waals surface area contributed by atoms with Crippen molar-refractivity contribution in [2.75, 3.05) is 6.61 Å². The Morgan fingerprint density at radius 3 is 2.88 bits per heavy atom. The second-order valence-corrected chi connectivity index (χ2v) is 5.87. The van der Waals surface area contributed by atoms with Crippen molar-refractivity contribution in [2.24, 2.45) is 5.92 Å². The molecule has 126 valence electrons. The van der Waals surface area contributed by atoms with Crippen LogP contribution >= 0.6 is 0 Å². The van der Waals surface area contributed by atoms with E-state index in [1.54, 1.807) is 18.3 Å². The fraction of sp³-hybridized carbons (Fsp3) is 0.333. The van der Waals surface area contributed by atoms with Crippen LogP contribution in [0.15, 0.2) is 47.4 Å². The Balaban J connectivity index is 1.46. The van der Waals surface area contributed by atoms with Crippen molar-refractivity contribution in [2.45, 2.75) is 25.3 Å². The van der Waals surface area contributed by atoms with Crippen LogP contribution in [0.4, 0.5) is 8.78 Å². The molecule has 0 spiro atoms. The molecule has 0 amide bonds. The molecule has 1 aromatic carbocycles. The summed E-state index contributed by atoms with van der Waals surface area (Å²) < 4.78 is 33.6. The number of aryl methyl sites for hydroxylation is 1. The summed E-state index contributed by atoms with van der Waals surface area (Å²) in [6, 6.07) is 8.15. The van der Waals surface area contributed by atoms with Gasteiger partial charge < -0.3 is 9.30 Å². The fourth-order valence-electron chi connectivity index (χ4n) is 2.76. The lowest BCUT2D eigenvalue weighted by molar-refractivity contribution is -0.145. The Morgan fingerprint density at radius 2 is 2.08 bits per heavy atom. The van der Waals surface area contributed by atoms with E-state index in [1.807, 2.05) is 0 Å². The predicted molar refractivity (Wildman–Crippen MR) is 83.5 cm³/mol. The summed E-state index contributed by atoms with van der Waals surface area (Å²) in [5.41, 5.74) is 0.125. The molecule has 1 aromatic heterocycles. The van der Waals surface area contributed by atoms with Crippen LogP contribution in [-0.4, -0.2) is 17.1 Å². The Hall–Kier alpha value is -2.50. The van der Waals surface area contributed by atoms with E-state index >= 15 is 0 Å². The zero-order chi connectivity index (χ0) is 17.1. The number of aromatic nitrogens is 1. The Labute approximate surface area is 137 Å². The van der Waals surface area contributed by atoms with Crippen LogP contribution in [0, 0.1) is 17.6 Å². The van der Waals surface area contributed by atoms with Gasteiger partial charge in [0.1, 0.15) is 11.6 Å². The Kier molecular flexibility index (Phi) is 4.74. The Morgan fingerprint density at radius 1 is 1.25 bits per heavy atom. The van der Waals surface area contributed by atoms with Crippen LogP contribution < -0.4 is 5.56 Å². The molecule has 1 fully saturated rings. The summed E-state index contributed by atoms with van der Waals surface area (Å²) in [4.78, 5) is 23.5. The lowest BCUT2D eigenvalue weighted by Gasteiger charge is -2.07. The Bertz CT molecular complexity index is 803. The van der Waals surface area contributed by atoms with Gasteiger partial charge in [-0.2, -0.15) is 0 Å². The number of hydrogen-bond acceptors (Lipinski definition) is 3. The molecule has 0 N–H and O–H groups in total. The predicted octanol–water partition coefficient (Wildman–Crippen LogP) is 2.86. The number of pyridine rings is 1. The normalized spacial score (nSPS) is 19.1. The maximum atomic E-state index is 13.7. The molecule has 6 heteroatoms. The maximum absolute atomic E-state index is 13.7. The average molecular weight is 333 g/mol. The minimum absolute atomic E-state index is 0.104. The van der Waals surface area contributed by atoms with E-state index in [4.69, 9.17) is 4.74 Å². The summed E-state index contributed by atoms with van der Waals surface area (Å²) >= 11 is 0. The third kappa shape index (κ3) is 3.69. The van der Waals surface area contributed by atoms with Gasteiger partial charge in [0.15, 0.2) is 0 Å². The number of carbonyl (C=O) groups excluding carboxylic acids is 1. The lowest BCUT2D eigenvalue weighted by Crippen LogP contribution is -2.19. The SMILES string of the molecule is O=C(OCCCn1ccccc1=O)[C@@H]1C[C@H]1c1cc(F)ccc1F. The van der Waals surface area contributed by atoms with Gasteiger partial charge in [-0.25, -0.2) is 8.78 Å². The van der Waals surface area contributed by atoms with Crippen molar-refractivity contribution in [3.63, 3.8) is 0 Å². The zero-order valence-corrected chi connectivity index (χ0v) is 13.0. The van der Waals surface area contributed by atoms with Crippen molar-refractivity contribution >= 4 is 5.97 Å². The monoisotopic (exact) mass is 333 g/mol. The highest BCUT2D eigenvalue weighted by atomic mass is 19.1. The number of halogens is 2. The summed E-state index contributed by atoms with van der Waals surface area (Å²) in [7, 11) is 0. The van der Waals surface area contributed by atoms with Gasteiger partial charge in [0.2, 0.25) is 5.56 Å². The molecule has 3 rings (SSSR count). The van der Waals surface area contributed by atoms with Crippen LogP contribution in [0.25, 0.3) is 0 Å². The molecule has 24 heavy (non-hydrogen) atoms. The van der Waals surface area contributed by atoms with Crippen molar-refractivity contribution < 1.29 is 18.3 Å². The fourth-order valence-corrected chi connectivity index (χ4v) is 2.76. The van der Waals surface area contributed by atoms with Crippen molar-refractivity contribution in [1.29, 1.82) is 0 Å². The third-order valence-electron chi connectivity index (χ3n) is 4.14. The molecule has 0 aliphatic heterocycles. The molecular formula is C18H17F2NO3. The molecule has 1 saturated carbocycles. The van der Waals surface area contributed by atoms with Gasteiger partial charge in [0.25, 0.3) is 0 Å². The summed E-state index contributed by atoms with van der Waals surface area (Å²) in [5.74, 6) is -2.14. The number of ether oxygens (including phenoxy) is 1. The van der Waals surface area contributed by atoms with E-state index in [9.17, 15) is 18.4 Å². The molecule has 0 radical (unpaired) electrons. The highest BCUT2D eigenvalue weighted by molar-refractivity contribution is 5.77. The number of hydrogen-bond donors (Lipinski definition) is 0. The van der Waals surface area contributed by atoms with E-state index in [0.29, 0.717) is 19.4 Å². The largest absolute Gasteiger partial charge is 0.465 e. The second kappa shape index (κ2) is 6.95. The van der Waals surface area contributed by atoms with Crippen molar-refractivity contribution in [1.82, 2.24) is 4.57 Å². The smallest absolute Gasteiger partial charge is 0.309 e. The molecule has 1 aliphatic rings. The van der Waals surface area contributed by atoms with Crippen molar-refractivity contribution in [3.05, 3.63) is 70.1 Å². The number of rotatable bonds is 6. The molecule has 0 saturated heterocycles. The standard InChI is InChI=1S/C18H17F2NO3/c19-12-5-6-16(20)14(10-12)13-11-15(13)18(23)24-9-3-8-21-7-2-1-4-17(21)22/h1-2,4-7,10,13,15H,3,8-9,11H2/t13-,15+/m0/s1. The number of carbonyl (C=O) groups is 1. The highest BCUT2D eigenvalue weighted by Crippen LogP contribution is 2.49. The first-order valence-corrected chi connectivity index (χ1v) is 7.83. The minimum Gasteiger partial charge on any atom is -0.465 e. The molecule has 1 aliphatic carbocycles. The quantitative estimate of drug-likeness (QED) is 0.603. The van der Waals surface area contributed by atoms with Gasteiger partial charge in [-0.3, -0.25) is 9.59 Å². The second-order valence-electron chi connectivity index (χ2n) is 5.87. The third-order valence-corrected chi connectivity index (χ3v) is 4.14. The highest BCUT2D eigenvalue weighted by Gasteiger charge is 2.46. The van der Waals surface area contributed by atoms with E-state index in [2.05, 4.69) is 0 Å². The number of benzene rings is 1. The van der Waals surface area contributed by atoms with E-state index in [0.717, 1.165) is 18.2 Å². The molecule has 4 nitrogen and oxygen atoms in total. The molecular weight excluding hydrogens is 316 g/mol. The summed E-state index contributed by atoms with van der Waals surface area (Å²) in [6.07, 6.45) is 2.66. The van der Waals surface area contributed by atoms with Gasteiger partial charge in [-0.15, -0.1) is 0 Å². The minimum atomic E-state index is -0.515. The first-order valence-electron chi connectivity index (χ1n) is 7.83. The van der Waals surface area contributed by atoms with E-state index < -0.39 is 23.5 Å². The molecule has 1 heterocycles. The van der Waals surface area contributed by atoms with Gasteiger partial charge in [0, 0.05) is 24.7 Å². The van der Waals surface area contributed by atoms with Crippen LogP contribution in [-0.2, 0) is 16.1 Å². The number of esters is 1. The van der Waals surface area contributed by atoms with Gasteiger partial charge >= 0.3 is 5.97 Å². The van der Waals surface area contributed by atoms with Crippen LogP contribution in [0.3, 0.4) is 0 Å². The summed E-state index contributed by atoms with van der Waals surface area (Å²) in [6.45, 7) is 0.647. The average Bonchev–Trinajstić information content (AvgIpc) is 3.36. The molecule has 0 unspecified atom stereocenters. The summed E-state index contributed by atoms with van der Waals surface area (Å²) in [5, 5.41) is 0. The molecule has 2 atom stereocenters. The van der Waals surface area contributed by atoms with Gasteiger partial charge in [-0.05, 0) is 42.7 Å². The number of nitrogens with zero attached hydrogens (tertiary/aromatic N) is 1. The lowest BCUT2D eigenvalue weighted by atomic mass is 10.1. The molecule has 0 bridgehead atoms. The van der Waals surface area contributed by atoms with Gasteiger partial charge in [-0.1, -0.05) is 6.07 Å². The van der Waals surface area contributed by atoms with Gasteiger partial charge in [0.05, 0.1) is 12.5 Å². The zero-order valence-electron chi connectivity index (χ0n) is 13.0. The van der Waals surface area contributed by atoms with Crippen LogP contribution in [0.2, 0.25) is 0 Å². The first kappa shape index (κ1) is 16.4. The van der Waals surface area contributed by atoms with E-state index in [-0.39, 0.29) is 23.6 Å².